The lowest BCUT2D eigenvalue weighted by Gasteiger charge is -2.35. The molecular formula is C21H26ClFN2O5. The number of benzene rings is 2. The number of aliphatic hydroxyl groups excluding tert-OH is 2. The molecule has 2 aromatic carbocycles. The molecule has 7 nitrogen and oxygen atoms in total. The smallest absolute Gasteiger partial charge is 0.269 e. The molecule has 30 heavy (non-hydrogen) atoms. The third-order valence-corrected chi connectivity index (χ3v) is 5.25. The molecule has 0 amide bonds. The number of aliphatic hydroxyl groups is 2. The van der Waals surface area contributed by atoms with E-state index in [0.717, 1.165) is 31.5 Å². The average Bonchev–Trinajstić information content (AvgIpc) is 2.73. The van der Waals surface area contributed by atoms with E-state index in [1.807, 2.05) is 0 Å². The summed E-state index contributed by atoms with van der Waals surface area (Å²) in [5.41, 5.74) is 0.713. The van der Waals surface area contributed by atoms with Gasteiger partial charge in [0.2, 0.25) is 0 Å². The standard InChI is InChI=1S/C21H25FN2O5.ClH/c22-17-3-1-15(2-4-17)21(26)16-9-11-23(12-10-16)13-19(25)14-29-20-7-5-18(6-8-20)24(27)28;/h1-8,16,19,21,25-26H,9-14H2;1H. The summed E-state index contributed by atoms with van der Waals surface area (Å²) in [7, 11) is 0. The molecule has 0 aliphatic carbocycles. The van der Waals surface area contributed by atoms with Gasteiger partial charge in [-0.15, -0.1) is 12.4 Å². The highest BCUT2D eigenvalue weighted by atomic mass is 35.5. The maximum absolute atomic E-state index is 13.0. The number of nitro groups is 1. The lowest BCUT2D eigenvalue weighted by Crippen LogP contribution is -2.41. The number of halogens is 2. The van der Waals surface area contributed by atoms with Crippen LogP contribution in [0.3, 0.4) is 0 Å². The first-order chi connectivity index (χ1) is 13.9. The molecule has 0 bridgehead atoms. The Hall–Kier alpha value is -2.26. The Kier molecular flexibility index (Phi) is 8.98. The zero-order valence-electron chi connectivity index (χ0n) is 16.4. The quantitative estimate of drug-likeness (QED) is 0.482. The van der Waals surface area contributed by atoms with E-state index < -0.39 is 17.1 Å². The second kappa shape index (κ2) is 11.2. The minimum absolute atomic E-state index is 0. The molecule has 1 aliphatic heterocycles. The molecule has 2 N–H and O–H groups in total. The molecular weight excluding hydrogens is 415 g/mol. The Morgan fingerprint density at radius 2 is 1.70 bits per heavy atom. The molecule has 2 unspecified atom stereocenters. The Morgan fingerprint density at radius 1 is 1.10 bits per heavy atom. The van der Waals surface area contributed by atoms with Gasteiger partial charge in [0.15, 0.2) is 0 Å². The first-order valence-electron chi connectivity index (χ1n) is 9.63. The number of nitrogens with zero attached hydrogens (tertiary/aromatic N) is 2. The van der Waals surface area contributed by atoms with Crippen molar-refractivity contribution in [1.29, 1.82) is 0 Å². The van der Waals surface area contributed by atoms with Gasteiger partial charge in [-0.2, -0.15) is 0 Å². The zero-order chi connectivity index (χ0) is 20.8. The summed E-state index contributed by atoms with van der Waals surface area (Å²) in [4.78, 5) is 12.3. The van der Waals surface area contributed by atoms with Crippen LogP contribution in [0.25, 0.3) is 0 Å². The number of piperidine rings is 1. The fourth-order valence-corrected chi connectivity index (χ4v) is 3.59. The molecule has 2 aromatic rings. The summed E-state index contributed by atoms with van der Waals surface area (Å²) in [5, 5.41) is 31.4. The van der Waals surface area contributed by atoms with Crippen molar-refractivity contribution in [3.8, 4) is 5.75 Å². The van der Waals surface area contributed by atoms with E-state index in [1.165, 1.54) is 36.4 Å². The van der Waals surface area contributed by atoms with Crippen LogP contribution in [-0.4, -0.2) is 52.4 Å². The molecule has 3 rings (SSSR count). The van der Waals surface area contributed by atoms with Gasteiger partial charge >= 0.3 is 0 Å². The van der Waals surface area contributed by atoms with E-state index >= 15 is 0 Å². The van der Waals surface area contributed by atoms with Crippen LogP contribution in [0.1, 0.15) is 24.5 Å². The van der Waals surface area contributed by atoms with Crippen LogP contribution in [0, 0.1) is 21.8 Å². The Labute approximate surface area is 180 Å². The van der Waals surface area contributed by atoms with Crippen LogP contribution in [-0.2, 0) is 0 Å². The predicted molar refractivity (Wildman–Crippen MR) is 112 cm³/mol. The number of nitro benzene ring substituents is 1. The van der Waals surface area contributed by atoms with Crippen molar-refractivity contribution in [2.24, 2.45) is 5.92 Å². The highest BCUT2D eigenvalue weighted by Gasteiger charge is 2.27. The molecule has 0 saturated carbocycles. The maximum Gasteiger partial charge on any atom is 0.269 e. The van der Waals surface area contributed by atoms with E-state index in [1.54, 1.807) is 12.1 Å². The normalized spacial score (nSPS) is 17.0. The summed E-state index contributed by atoms with van der Waals surface area (Å²) < 4.78 is 18.5. The molecule has 1 saturated heterocycles. The van der Waals surface area contributed by atoms with Crippen molar-refractivity contribution in [2.75, 3.05) is 26.2 Å². The molecule has 0 aromatic heterocycles. The Morgan fingerprint density at radius 3 is 2.27 bits per heavy atom. The number of hydrogen-bond acceptors (Lipinski definition) is 6. The Balaban J connectivity index is 0.00000320. The lowest BCUT2D eigenvalue weighted by atomic mass is 9.87. The Bertz CT molecular complexity index is 798. The predicted octanol–water partition coefficient (Wildman–Crippen LogP) is 3.34. The summed E-state index contributed by atoms with van der Waals surface area (Å²) >= 11 is 0. The summed E-state index contributed by atoms with van der Waals surface area (Å²) in [6.07, 6.45) is 0.264. The van der Waals surface area contributed by atoms with E-state index in [-0.39, 0.29) is 36.4 Å². The number of non-ortho nitro benzene ring substituents is 1. The van der Waals surface area contributed by atoms with E-state index in [9.17, 15) is 24.7 Å². The summed E-state index contributed by atoms with van der Waals surface area (Å²) in [5.74, 6) is 0.252. The van der Waals surface area contributed by atoms with Crippen LogP contribution in [0.4, 0.5) is 10.1 Å². The topological polar surface area (TPSA) is 96.1 Å². The van der Waals surface area contributed by atoms with Crippen molar-refractivity contribution in [1.82, 2.24) is 4.90 Å². The highest BCUT2D eigenvalue weighted by molar-refractivity contribution is 5.85. The van der Waals surface area contributed by atoms with Gasteiger partial charge in [0.05, 0.1) is 11.0 Å². The fourth-order valence-electron chi connectivity index (χ4n) is 3.59. The van der Waals surface area contributed by atoms with Gasteiger partial charge in [-0.3, -0.25) is 10.1 Å². The van der Waals surface area contributed by atoms with Crippen LogP contribution >= 0.6 is 12.4 Å². The maximum atomic E-state index is 13.0. The van der Waals surface area contributed by atoms with Gasteiger partial charge in [-0.05, 0) is 61.7 Å². The summed E-state index contributed by atoms with van der Waals surface area (Å²) in [6.45, 7) is 2.04. The number of likely N-dealkylation sites (tertiary alicyclic amines) is 1. The molecule has 1 heterocycles. The van der Waals surface area contributed by atoms with E-state index in [0.29, 0.717) is 12.3 Å². The van der Waals surface area contributed by atoms with Gasteiger partial charge in [-0.1, -0.05) is 12.1 Å². The second-order valence-electron chi connectivity index (χ2n) is 7.35. The third kappa shape index (κ3) is 6.63. The van der Waals surface area contributed by atoms with Crippen molar-refractivity contribution in [3.63, 3.8) is 0 Å². The van der Waals surface area contributed by atoms with Crippen molar-refractivity contribution < 1.29 is 24.3 Å². The first-order valence-corrected chi connectivity index (χ1v) is 9.63. The van der Waals surface area contributed by atoms with Crippen LogP contribution in [0.15, 0.2) is 48.5 Å². The SMILES string of the molecule is Cl.O=[N+]([O-])c1ccc(OCC(O)CN2CCC(C(O)c3ccc(F)cc3)CC2)cc1. The molecule has 164 valence electrons. The molecule has 1 fully saturated rings. The van der Waals surface area contributed by atoms with Crippen LogP contribution in [0.5, 0.6) is 5.75 Å². The first kappa shape index (κ1) is 24.0. The fraction of sp³-hybridized carbons (Fsp3) is 0.429. The molecule has 2 atom stereocenters. The van der Waals surface area contributed by atoms with Crippen molar-refractivity contribution in [3.05, 3.63) is 70.0 Å². The van der Waals surface area contributed by atoms with Gasteiger partial charge in [0.25, 0.3) is 5.69 Å². The molecule has 0 spiro atoms. The molecule has 1 aliphatic rings. The van der Waals surface area contributed by atoms with Crippen molar-refractivity contribution >= 4 is 18.1 Å². The third-order valence-electron chi connectivity index (χ3n) is 5.25. The largest absolute Gasteiger partial charge is 0.491 e. The number of hydrogen-bond donors (Lipinski definition) is 2. The van der Waals surface area contributed by atoms with E-state index in [2.05, 4.69) is 4.90 Å². The average molecular weight is 441 g/mol. The number of rotatable bonds is 8. The van der Waals surface area contributed by atoms with Gasteiger partial charge in [0, 0.05) is 18.7 Å². The second-order valence-corrected chi connectivity index (χ2v) is 7.35. The molecule has 9 heteroatoms. The van der Waals surface area contributed by atoms with Gasteiger partial charge < -0.3 is 19.8 Å². The highest BCUT2D eigenvalue weighted by Crippen LogP contribution is 2.30. The van der Waals surface area contributed by atoms with Crippen LogP contribution in [0.2, 0.25) is 0 Å². The minimum Gasteiger partial charge on any atom is -0.491 e. The zero-order valence-corrected chi connectivity index (χ0v) is 17.2. The van der Waals surface area contributed by atoms with Gasteiger partial charge in [0.1, 0.15) is 24.3 Å². The number of β-amino-alcohol motifs (C(OH)–C–C–N with tert-alkyl or cyclic N) is 1. The van der Waals surface area contributed by atoms with E-state index in [4.69, 9.17) is 4.74 Å². The van der Waals surface area contributed by atoms with Gasteiger partial charge in [-0.25, -0.2) is 4.39 Å². The monoisotopic (exact) mass is 440 g/mol. The lowest BCUT2D eigenvalue weighted by molar-refractivity contribution is -0.384. The van der Waals surface area contributed by atoms with Crippen molar-refractivity contribution in [2.45, 2.75) is 25.0 Å². The minimum atomic E-state index is -0.691. The van der Waals surface area contributed by atoms with Crippen LogP contribution < -0.4 is 4.74 Å². The number of ether oxygens (including phenoxy) is 1. The molecule has 0 radical (unpaired) electrons. The summed E-state index contributed by atoms with van der Waals surface area (Å²) in [6, 6.07) is 11.7.